The highest BCUT2D eigenvalue weighted by molar-refractivity contribution is 14.1. The van der Waals surface area contributed by atoms with E-state index < -0.39 is 37.2 Å². The minimum Gasteiger partial charge on any atom is -0.394 e. The van der Waals surface area contributed by atoms with Crippen LogP contribution in [0.2, 0.25) is 0 Å². The van der Waals surface area contributed by atoms with E-state index in [1.165, 1.54) is 18.9 Å². The van der Waals surface area contributed by atoms with Crippen molar-refractivity contribution >= 4 is 91.2 Å². The van der Waals surface area contributed by atoms with E-state index in [0.717, 1.165) is 0 Å². The SMILES string of the molecule is CC(=O)N(C)c1c(I)c(C(=O)NCC(O)CO)c(I)c(C(=O)NCC(O)CO)c1I. The highest BCUT2D eigenvalue weighted by Gasteiger charge is 2.30. The Hall–Kier alpha value is -0.340. The summed E-state index contributed by atoms with van der Waals surface area (Å²) in [6, 6.07) is 0. The standard InChI is InChI=1S/C17H22I3N3O7/c1-7(26)23(2)15-13(19)10(16(29)21-3-8(27)5-24)12(18)11(14(15)20)17(30)22-4-9(28)6-25/h8-9,24-25,27-28H,3-6H2,1-2H3,(H,21,29)(H,22,30). The van der Waals surface area contributed by atoms with Crippen LogP contribution < -0.4 is 15.5 Å². The molecule has 6 N–H and O–H groups in total. The molecule has 0 saturated carbocycles. The Bertz CT molecular complexity index is 769. The average Bonchev–Trinajstić information content (AvgIpc) is 2.69. The number of aliphatic hydroxyl groups is 4. The number of carbonyl (C=O) groups is 3. The van der Waals surface area contributed by atoms with Crippen LogP contribution in [0.5, 0.6) is 0 Å². The highest BCUT2D eigenvalue weighted by atomic mass is 127. The van der Waals surface area contributed by atoms with E-state index in [4.69, 9.17) is 10.2 Å². The van der Waals surface area contributed by atoms with Crippen molar-refractivity contribution in [3.8, 4) is 0 Å². The van der Waals surface area contributed by atoms with Crippen LogP contribution in [0.3, 0.4) is 0 Å². The molecule has 1 rings (SSSR count). The smallest absolute Gasteiger partial charge is 0.253 e. The van der Waals surface area contributed by atoms with Gasteiger partial charge in [0.05, 0.1) is 49.4 Å². The molecule has 0 aromatic heterocycles. The molecule has 1 aromatic carbocycles. The number of halogens is 3. The zero-order chi connectivity index (χ0) is 23.2. The van der Waals surface area contributed by atoms with Crippen LogP contribution in [-0.4, -0.2) is 83.7 Å². The van der Waals surface area contributed by atoms with Crippen LogP contribution in [-0.2, 0) is 4.79 Å². The number of rotatable bonds is 9. The van der Waals surface area contributed by atoms with Gasteiger partial charge in [0.1, 0.15) is 0 Å². The van der Waals surface area contributed by atoms with Crippen molar-refractivity contribution in [1.29, 1.82) is 0 Å². The van der Waals surface area contributed by atoms with Crippen molar-refractivity contribution in [3.63, 3.8) is 0 Å². The fourth-order valence-electron chi connectivity index (χ4n) is 2.23. The first kappa shape index (κ1) is 27.7. The monoisotopic (exact) mass is 761 g/mol. The number of hydrogen-bond donors (Lipinski definition) is 6. The number of anilines is 1. The van der Waals surface area contributed by atoms with E-state index in [2.05, 4.69) is 10.6 Å². The van der Waals surface area contributed by atoms with Crippen LogP contribution in [0.4, 0.5) is 5.69 Å². The van der Waals surface area contributed by atoms with Gasteiger partial charge in [-0.25, -0.2) is 0 Å². The van der Waals surface area contributed by atoms with Gasteiger partial charge < -0.3 is 36.0 Å². The van der Waals surface area contributed by atoms with E-state index in [1.54, 1.807) is 0 Å². The molecule has 0 saturated heterocycles. The predicted octanol–water partition coefficient (Wildman–Crippen LogP) is -0.351. The second kappa shape index (κ2) is 12.6. The van der Waals surface area contributed by atoms with Gasteiger partial charge in [-0.2, -0.15) is 0 Å². The topological polar surface area (TPSA) is 159 Å². The van der Waals surface area contributed by atoms with Crippen molar-refractivity contribution in [2.75, 3.05) is 38.3 Å². The second-order valence-electron chi connectivity index (χ2n) is 6.21. The van der Waals surface area contributed by atoms with Crippen molar-refractivity contribution in [2.45, 2.75) is 19.1 Å². The molecule has 13 heteroatoms. The van der Waals surface area contributed by atoms with Gasteiger partial charge in [0.15, 0.2) is 0 Å². The Morgan fingerprint density at radius 2 is 1.23 bits per heavy atom. The highest BCUT2D eigenvalue weighted by Crippen LogP contribution is 2.37. The lowest BCUT2D eigenvalue weighted by Gasteiger charge is -2.24. The first-order valence-electron chi connectivity index (χ1n) is 8.56. The van der Waals surface area contributed by atoms with E-state index in [9.17, 15) is 24.6 Å². The van der Waals surface area contributed by atoms with E-state index in [1.807, 2.05) is 67.8 Å². The molecular formula is C17H22I3N3O7. The summed E-state index contributed by atoms with van der Waals surface area (Å²) in [6.07, 6.45) is -2.29. The lowest BCUT2D eigenvalue weighted by Crippen LogP contribution is -2.38. The number of nitrogens with one attached hydrogen (secondary N) is 2. The molecule has 0 spiro atoms. The molecule has 0 fully saturated rings. The first-order chi connectivity index (χ1) is 14.0. The third-order valence-corrected chi connectivity index (χ3v) is 7.15. The maximum Gasteiger partial charge on any atom is 0.253 e. The normalized spacial score (nSPS) is 12.8. The van der Waals surface area contributed by atoms with Crippen molar-refractivity contribution in [1.82, 2.24) is 10.6 Å². The molecule has 0 aliphatic heterocycles. The van der Waals surface area contributed by atoms with Crippen molar-refractivity contribution in [2.24, 2.45) is 0 Å². The molecule has 0 radical (unpaired) electrons. The summed E-state index contributed by atoms with van der Waals surface area (Å²) >= 11 is 5.69. The molecule has 0 aliphatic rings. The Labute approximate surface area is 214 Å². The van der Waals surface area contributed by atoms with Crippen LogP contribution in [0.25, 0.3) is 0 Å². The third kappa shape index (κ3) is 6.83. The minimum absolute atomic E-state index is 0.137. The van der Waals surface area contributed by atoms with E-state index in [-0.39, 0.29) is 30.1 Å². The summed E-state index contributed by atoms with van der Waals surface area (Å²) in [5, 5.41) is 41.9. The molecule has 168 valence electrons. The van der Waals surface area contributed by atoms with Crippen molar-refractivity contribution < 1.29 is 34.8 Å². The summed E-state index contributed by atoms with van der Waals surface area (Å²) in [5.74, 6) is -1.48. The Kier molecular flexibility index (Phi) is 11.7. The number of carbonyl (C=O) groups excluding carboxylic acids is 3. The minimum atomic E-state index is -1.14. The molecule has 2 atom stereocenters. The number of aliphatic hydroxyl groups excluding tert-OH is 4. The lowest BCUT2D eigenvalue weighted by atomic mass is 10.1. The molecule has 3 amide bonds. The fourth-order valence-corrected chi connectivity index (χ4v) is 7.10. The number of nitrogens with zero attached hydrogens (tertiary/aromatic N) is 1. The molecular weight excluding hydrogens is 739 g/mol. The van der Waals surface area contributed by atoms with Crippen LogP contribution in [0.15, 0.2) is 0 Å². The molecule has 10 nitrogen and oxygen atoms in total. The molecule has 0 aliphatic carbocycles. The molecule has 0 heterocycles. The summed E-state index contributed by atoms with van der Waals surface area (Å²) in [5.41, 5.74) is 0.639. The average molecular weight is 761 g/mol. The van der Waals surface area contributed by atoms with Gasteiger partial charge in [-0.05, 0) is 67.8 Å². The maximum absolute atomic E-state index is 12.8. The zero-order valence-electron chi connectivity index (χ0n) is 16.1. The van der Waals surface area contributed by atoms with Gasteiger partial charge in [-0.1, -0.05) is 0 Å². The molecule has 0 bridgehead atoms. The quantitative estimate of drug-likeness (QED) is 0.188. The van der Waals surface area contributed by atoms with Gasteiger partial charge in [-0.15, -0.1) is 0 Å². The summed E-state index contributed by atoms with van der Waals surface area (Å²) < 4.78 is 1.18. The Morgan fingerprint density at radius 3 is 1.53 bits per heavy atom. The second-order valence-corrected chi connectivity index (χ2v) is 9.45. The van der Waals surface area contributed by atoms with E-state index in [0.29, 0.717) is 16.4 Å². The van der Waals surface area contributed by atoms with Crippen LogP contribution in [0.1, 0.15) is 27.6 Å². The summed E-state index contributed by atoms with van der Waals surface area (Å²) in [4.78, 5) is 39.0. The van der Waals surface area contributed by atoms with Gasteiger partial charge in [0, 0.05) is 30.6 Å². The van der Waals surface area contributed by atoms with Gasteiger partial charge in [-0.3, -0.25) is 14.4 Å². The van der Waals surface area contributed by atoms with Crippen LogP contribution in [0, 0.1) is 10.7 Å². The molecule has 1 aromatic rings. The van der Waals surface area contributed by atoms with Gasteiger partial charge in [0.25, 0.3) is 11.8 Å². The van der Waals surface area contributed by atoms with Crippen molar-refractivity contribution in [3.05, 3.63) is 21.8 Å². The number of benzene rings is 1. The summed E-state index contributed by atoms with van der Waals surface area (Å²) in [7, 11) is 1.52. The van der Waals surface area contributed by atoms with Crippen LogP contribution >= 0.6 is 67.8 Å². The number of amides is 3. The summed E-state index contributed by atoms with van der Waals surface area (Å²) in [6.45, 7) is -0.107. The zero-order valence-corrected chi connectivity index (χ0v) is 22.6. The Balaban J connectivity index is 3.56. The third-order valence-electron chi connectivity index (χ3n) is 3.97. The lowest BCUT2D eigenvalue weighted by molar-refractivity contribution is -0.116. The Morgan fingerprint density at radius 1 is 0.867 bits per heavy atom. The fraction of sp³-hybridized carbons (Fsp3) is 0.471. The largest absolute Gasteiger partial charge is 0.394 e. The van der Waals surface area contributed by atoms with Gasteiger partial charge >= 0.3 is 0 Å². The molecule has 2 unspecified atom stereocenters. The predicted molar refractivity (Wildman–Crippen MR) is 135 cm³/mol. The first-order valence-corrected chi connectivity index (χ1v) is 11.8. The number of hydrogen-bond acceptors (Lipinski definition) is 7. The van der Waals surface area contributed by atoms with Gasteiger partial charge in [0.2, 0.25) is 5.91 Å². The molecule has 30 heavy (non-hydrogen) atoms. The maximum atomic E-state index is 12.8. The van der Waals surface area contributed by atoms with E-state index >= 15 is 0 Å².